The van der Waals surface area contributed by atoms with Gasteiger partial charge in [0.05, 0.1) is 17.2 Å². The quantitative estimate of drug-likeness (QED) is 0.0708. The van der Waals surface area contributed by atoms with Crippen molar-refractivity contribution in [2.75, 3.05) is 13.7 Å². The van der Waals surface area contributed by atoms with Crippen molar-refractivity contribution in [3.05, 3.63) is 58.1 Å². The average Bonchev–Trinajstić information content (AvgIpc) is 3.65. The predicted octanol–water partition coefficient (Wildman–Crippen LogP) is -0.987. The highest BCUT2D eigenvalue weighted by atomic mass is 79.9. The van der Waals surface area contributed by atoms with Gasteiger partial charge in [0.1, 0.15) is 78.2 Å². The highest BCUT2D eigenvalue weighted by Crippen LogP contribution is 2.28. The van der Waals surface area contributed by atoms with E-state index in [1.165, 1.54) is 58.2 Å². The van der Waals surface area contributed by atoms with E-state index in [1.54, 1.807) is 53.7 Å². The molecular weight excluding hydrogens is 1150 g/mol. The summed E-state index contributed by atoms with van der Waals surface area (Å²) in [5.74, 6) is -12.1. The molecule has 13 N–H and O–H groups in total. The highest BCUT2D eigenvalue weighted by molar-refractivity contribution is 9.10. The molecule has 4 rings (SSSR count). The number of ether oxygens (including phenoxy) is 1. The molecule has 0 spiro atoms. The monoisotopic (exact) mass is 1230 g/mol. The number of piperidine rings is 1. The maximum atomic E-state index is 14.8. The van der Waals surface area contributed by atoms with Gasteiger partial charge in [-0.05, 0) is 122 Å². The van der Waals surface area contributed by atoms with E-state index in [0.29, 0.717) is 18.4 Å². The number of amides is 9. The lowest BCUT2D eigenvalue weighted by Crippen LogP contribution is -2.67. The molecule has 27 heteroatoms. The fourth-order valence-electron chi connectivity index (χ4n) is 9.49. The zero-order chi connectivity index (χ0) is 62.3. The number of hydrogen-bond donors (Lipinski definition) is 13. The van der Waals surface area contributed by atoms with Crippen LogP contribution in [0.15, 0.2) is 46.9 Å². The Morgan fingerprint density at radius 3 is 1.98 bits per heavy atom. The van der Waals surface area contributed by atoms with Gasteiger partial charge in [-0.2, -0.15) is 0 Å². The van der Waals surface area contributed by atoms with Crippen LogP contribution in [0.1, 0.15) is 106 Å². The van der Waals surface area contributed by atoms with Crippen LogP contribution in [0, 0.1) is 17.8 Å². The summed E-state index contributed by atoms with van der Waals surface area (Å²) in [5, 5.41) is 79.7. The summed E-state index contributed by atoms with van der Waals surface area (Å²) in [6.07, 6.45) is -6.44. The van der Waals surface area contributed by atoms with E-state index in [1.807, 2.05) is 0 Å². The molecule has 0 aromatic heterocycles. The maximum absolute atomic E-state index is 14.8. The van der Waals surface area contributed by atoms with Crippen LogP contribution in [0.3, 0.4) is 0 Å². The number of rotatable bonds is 20. The van der Waals surface area contributed by atoms with Crippen LogP contribution in [0.2, 0.25) is 0 Å². The van der Waals surface area contributed by atoms with Crippen LogP contribution in [0.25, 0.3) is 0 Å². The van der Waals surface area contributed by atoms with E-state index in [9.17, 15) is 78.6 Å². The van der Waals surface area contributed by atoms with E-state index in [2.05, 4.69) is 53.1 Å². The largest absolute Gasteiger partial charge is 0.508 e. The van der Waals surface area contributed by atoms with Crippen molar-refractivity contribution in [1.82, 2.24) is 47.0 Å². The second-order valence-electron chi connectivity index (χ2n) is 22.0. The number of aliphatic hydroxyl groups excluding tert-OH is 4. The molecular formula is C56H82BrN9O17. The SMILES string of the molecule is CCC(C)C1NC(=O)C(NC(=O)C(NC(=O)C(C)NC(=O)C(CCCc2ccc(O)cc2)NC(=O)C(O)CO)C(C)C)C(C)OC(=O)C(C(C)C)NC(=O)C(Cc2ccc(O)c(Br)c2)N(C)C(=O)C(C(C)O)N2C(=O)C(CCC2O)NC1=O. The zero-order valence-electron chi connectivity index (χ0n) is 48.4. The van der Waals surface area contributed by atoms with Gasteiger partial charge in [-0.3, -0.25) is 43.2 Å². The van der Waals surface area contributed by atoms with E-state index >= 15 is 0 Å². The average molecular weight is 1230 g/mol. The summed E-state index contributed by atoms with van der Waals surface area (Å²) in [6, 6.07) is -3.17. The van der Waals surface area contributed by atoms with Crippen molar-refractivity contribution >= 4 is 75.1 Å². The number of esters is 1. The van der Waals surface area contributed by atoms with E-state index in [4.69, 9.17) is 4.74 Å². The van der Waals surface area contributed by atoms with Crippen molar-refractivity contribution in [3.63, 3.8) is 0 Å². The molecule has 2 aromatic carbocycles. The number of nitrogens with zero attached hydrogens (tertiary/aromatic N) is 2. The number of fused-ring (bicyclic) bond motifs is 2. The van der Waals surface area contributed by atoms with Crippen molar-refractivity contribution in [2.24, 2.45) is 17.8 Å². The Morgan fingerprint density at radius 1 is 0.771 bits per heavy atom. The Labute approximate surface area is 490 Å². The van der Waals surface area contributed by atoms with Crippen molar-refractivity contribution < 1.29 is 83.3 Å². The molecule has 2 saturated heterocycles. The standard InChI is InChI=1S/C56H82BrN9O17/c1-11-28(6)44-52(78)60-37-20-22-41(72)66(54(37)80)46(30(8)68)55(81)65(10)38(24-33-17-21-39(70)35(57)23-33)49(75)62-43(27(4)5)56(82)83-31(9)45(53(79)63-44)64-51(77)42(26(2)3)61-47(73)29(7)58-48(74)36(59-50(76)40(71)25-67)14-12-13-32-15-18-34(69)19-16-32/h15-19,21,23,26-31,36-38,40-46,67-72H,11-14,20,22,24-25H2,1-10H3,(H,58,74)(H,59,76)(H,60,78)(H,61,73)(H,62,75)(H,63,79)(H,64,77). The first-order valence-electron chi connectivity index (χ1n) is 27.7. The summed E-state index contributed by atoms with van der Waals surface area (Å²) in [5.41, 5.74) is 1.20. The predicted molar refractivity (Wildman–Crippen MR) is 302 cm³/mol. The molecule has 460 valence electrons. The van der Waals surface area contributed by atoms with E-state index in [-0.39, 0.29) is 48.1 Å². The summed E-state index contributed by atoms with van der Waals surface area (Å²) in [4.78, 5) is 144. The van der Waals surface area contributed by atoms with E-state index in [0.717, 1.165) is 15.4 Å². The van der Waals surface area contributed by atoms with Crippen molar-refractivity contribution in [1.29, 1.82) is 0 Å². The molecule has 14 atom stereocenters. The number of halogens is 1. The first kappa shape index (κ1) is 68.6. The molecule has 0 radical (unpaired) electrons. The lowest BCUT2D eigenvalue weighted by atomic mass is 9.94. The number of carbonyl (C=O) groups excluding carboxylic acids is 10. The number of likely N-dealkylation sites (N-methyl/N-ethyl adjacent to an activating group) is 1. The Hall–Kier alpha value is -6.94. The molecule has 9 amide bonds. The van der Waals surface area contributed by atoms with Crippen molar-refractivity contribution in [3.8, 4) is 11.5 Å². The molecule has 2 aliphatic rings. The summed E-state index contributed by atoms with van der Waals surface area (Å²) in [7, 11) is 1.23. The lowest BCUT2D eigenvalue weighted by Gasteiger charge is -2.43. The number of cyclic esters (lactones) is 1. The Bertz CT molecular complexity index is 2640. The third-order valence-electron chi connectivity index (χ3n) is 14.8. The van der Waals surface area contributed by atoms with Gasteiger partial charge in [0.25, 0.3) is 5.91 Å². The number of hydrogen-bond acceptors (Lipinski definition) is 17. The minimum absolute atomic E-state index is 0.00203. The lowest BCUT2D eigenvalue weighted by molar-refractivity contribution is -0.170. The van der Waals surface area contributed by atoms with Gasteiger partial charge in [0, 0.05) is 13.5 Å². The molecule has 2 heterocycles. The number of aromatic hydroxyl groups is 2. The molecule has 0 saturated carbocycles. The number of nitrogens with one attached hydrogen (secondary N) is 7. The maximum Gasteiger partial charge on any atom is 0.329 e. The van der Waals surface area contributed by atoms with Gasteiger partial charge < -0.3 is 82.4 Å². The Kier molecular flexibility index (Phi) is 25.7. The highest BCUT2D eigenvalue weighted by Gasteiger charge is 2.48. The summed E-state index contributed by atoms with van der Waals surface area (Å²) >= 11 is 3.25. The van der Waals surface area contributed by atoms with Crippen LogP contribution < -0.4 is 37.2 Å². The van der Waals surface area contributed by atoms with Gasteiger partial charge in [-0.15, -0.1) is 0 Å². The number of benzene rings is 2. The molecule has 83 heavy (non-hydrogen) atoms. The summed E-state index contributed by atoms with van der Waals surface area (Å²) in [6.45, 7) is 12.4. The first-order chi connectivity index (χ1) is 38.9. The van der Waals surface area contributed by atoms with Crippen LogP contribution in [-0.2, 0) is 65.5 Å². The minimum Gasteiger partial charge on any atom is -0.508 e. The van der Waals surface area contributed by atoms with Gasteiger partial charge >= 0.3 is 5.97 Å². The number of phenolic OH excluding ortho intramolecular Hbond substituents is 2. The molecule has 0 aliphatic carbocycles. The number of aliphatic hydroxyl groups is 4. The molecule has 26 nitrogen and oxygen atoms in total. The normalized spacial score (nSPS) is 24.5. The zero-order valence-corrected chi connectivity index (χ0v) is 50.0. The smallest absolute Gasteiger partial charge is 0.329 e. The van der Waals surface area contributed by atoms with Crippen LogP contribution >= 0.6 is 15.9 Å². The van der Waals surface area contributed by atoms with Gasteiger partial charge in [0.15, 0.2) is 6.10 Å². The number of aryl methyl sites for hydroxylation is 1. The van der Waals surface area contributed by atoms with Gasteiger partial charge in [-0.1, -0.05) is 66.2 Å². The van der Waals surface area contributed by atoms with Crippen LogP contribution in [0.5, 0.6) is 11.5 Å². The second kappa shape index (κ2) is 31.1. The Morgan fingerprint density at radius 2 is 1.40 bits per heavy atom. The number of carbonyl (C=O) groups is 10. The fraction of sp³-hybridized carbons (Fsp3) is 0.607. The Balaban J connectivity index is 1.73. The van der Waals surface area contributed by atoms with Crippen molar-refractivity contribution in [2.45, 2.75) is 186 Å². The third-order valence-corrected chi connectivity index (χ3v) is 15.5. The van der Waals surface area contributed by atoms with Crippen LogP contribution in [0.4, 0.5) is 0 Å². The fourth-order valence-corrected chi connectivity index (χ4v) is 9.92. The van der Waals surface area contributed by atoms with Gasteiger partial charge in [0.2, 0.25) is 47.3 Å². The molecule has 2 bridgehead atoms. The van der Waals surface area contributed by atoms with E-state index < -0.39 is 162 Å². The molecule has 2 aliphatic heterocycles. The van der Waals surface area contributed by atoms with Crippen LogP contribution in [-0.4, -0.2) is 192 Å². The van der Waals surface area contributed by atoms with Gasteiger partial charge in [-0.25, -0.2) is 4.79 Å². The first-order valence-corrected chi connectivity index (χ1v) is 28.5. The summed E-state index contributed by atoms with van der Waals surface area (Å²) < 4.78 is 6.14. The minimum atomic E-state index is -1.86. The molecule has 14 unspecified atom stereocenters. The third kappa shape index (κ3) is 18.5. The topological polar surface area (TPSA) is 392 Å². The second-order valence-corrected chi connectivity index (χ2v) is 22.9. The number of phenols is 2. The molecule has 2 aromatic rings. The molecule has 2 fully saturated rings.